The van der Waals surface area contributed by atoms with E-state index in [1.54, 1.807) is 0 Å². The third-order valence-corrected chi connectivity index (χ3v) is 8.03. The van der Waals surface area contributed by atoms with Crippen molar-refractivity contribution >= 4 is 33.9 Å². The molecule has 0 saturated carbocycles. The van der Waals surface area contributed by atoms with Gasteiger partial charge in [0.15, 0.2) is 0 Å². The Morgan fingerprint density at radius 3 is 2.82 bits per heavy atom. The van der Waals surface area contributed by atoms with Gasteiger partial charge in [-0.1, -0.05) is 54.6 Å². The van der Waals surface area contributed by atoms with E-state index in [9.17, 15) is 4.79 Å². The van der Waals surface area contributed by atoms with Crippen molar-refractivity contribution in [3.05, 3.63) is 113 Å². The van der Waals surface area contributed by atoms with E-state index in [2.05, 4.69) is 100 Å². The molecule has 1 aliphatic carbocycles. The lowest BCUT2D eigenvalue weighted by atomic mass is 10.0. The minimum atomic E-state index is -0.332. The molecule has 0 radical (unpaired) electrons. The molecule has 1 unspecified atom stereocenters. The molecule has 1 N–H and O–H groups in total. The number of aromatic nitrogens is 2. The largest absolute Gasteiger partial charge is 0.466 e. The predicted molar refractivity (Wildman–Crippen MR) is 154 cm³/mol. The molecule has 5 aromatic rings. The van der Waals surface area contributed by atoms with Crippen molar-refractivity contribution in [3.63, 3.8) is 0 Å². The molecule has 0 aliphatic heterocycles. The summed E-state index contributed by atoms with van der Waals surface area (Å²) in [6.45, 7) is 1.86. The smallest absolute Gasteiger partial charge is 0.330 e. The van der Waals surface area contributed by atoms with Crippen molar-refractivity contribution in [1.82, 2.24) is 14.5 Å². The number of ether oxygens (including phenoxy) is 1. The van der Waals surface area contributed by atoms with Crippen molar-refractivity contribution in [2.45, 2.75) is 31.8 Å². The Kier molecular flexibility index (Phi) is 6.61. The van der Waals surface area contributed by atoms with Crippen molar-refractivity contribution in [3.8, 4) is 0 Å². The lowest BCUT2D eigenvalue weighted by Crippen LogP contribution is -2.30. The number of esters is 1. The summed E-state index contributed by atoms with van der Waals surface area (Å²) in [5.41, 5.74) is 8.97. The molecule has 2 aromatic heterocycles. The highest BCUT2D eigenvalue weighted by atomic mass is 16.5. The molecule has 192 valence electrons. The van der Waals surface area contributed by atoms with E-state index in [0.29, 0.717) is 6.04 Å². The Morgan fingerprint density at radius 2 is 1.95 bits per heavy atom. The molecule has 0 bridgehead atoms. The van der Waals surface area contributed by atoms with Crippen molar-refractivity contribution in [2.24, 2.45) is 7.05 Å². The molecule has 2 heterocycles. The fourth-order valence-corrected chi connectivity index (χ4v) is 5.98. The molecule has 1 aliphatic rings. The maximum Gasteiger partial charge on any atom is 0.330 e. The Balaban J connectivity index is 1.30. The van der Waals surface area contributed by atoms with Crippen molar-refractivity contribution in [2.75, 3.05) is 13.7 Å². The number of rotatable bonds is 8. The van der Waals surface area contributed by atoms with E-state index in [1.807, 2.05) is 6.08 Å². The number of hydrogen-bond donors (Lipinski definition) is 1. The number of H-pyrrole nitrogens is 1. The van der Waals surface area contributed by atoms with Gasteiger partial charge in [0.1, 0.15) is 0 Å². The summed E-state index contributed by atoms with van der Waals surface area (Å²) in [4.78, 5) is 17.7. The average Bonchev–Trinajstić information content (AvgIpc) is 3.65. The molecule has 3 aromatic carbocycles. The lowest BCUT2D eigenvalue weighted by Gasteiger charge is -2.30. The molecular formula is C33H33N3O2. The van der Waals surface area contributed by atoms with Gasteiger partial charge < -0.3 is 14.3 Å². The Morgan fingerprint density at radius 1 is 1.11 bits per heavy atom. The third kappa shape index (κ3) is 4.66. The van der Waals surface area contributed by atoms with Crippen LogP contribution in [-0.2, 0) is 36.0 Å². The summed E-state index contributed by atoms with van der Waals surface area (Å²) in [7, 11) is 3.58. The molecule has 38 heavy (non-hydrogen) atoms. The minimum absolute atomic E-state index is 0.332. The number of carbonyl (C=O) groups excluding carboxylic acids is 1. The van der Waals surface area contributed by atoms with Gasteiger partial charge in [0.2, 0.25) is 0 Å². The molecule has 0 fully saturated rings. The number of aromatic amines is 1. The van der Waals surface area contributed by atoms with E-state index in [1.165, 1.54) is 57.4 Å². The summed E-state index contributed by atoms with van der Waals surface area (Å²) in [6.07, 6.45) is 8.61. The van der Waals surface area contributed by atoms with Crippen molar-refractivity contribution < 1.29 is 9.53 Å². The number of benzene rings is 3. The first kappa shape index (κ1) is 24.3. The standard InChI is InChI=1S/C33H33N3O2/c1-35-27(20-25-7-3-6-10-31(25)35)22-36(18-17-26-21-34-30-9-5-4-8-28(26)30)32-15-13-24-19-23(11-14-29(24)32)12-16-33(37)38-2/h3-12,14,16,19-21,32,34H,13,15,17-18,22H2,1-2H3. The van der Waals surface area contributed by atoms with Crippen LogP contribution in [0.15, 0.2) is 85.1 Å². The number of nitrogens with one attached hydrogen (secondary N) is 1. The number of para-hydroxylation sites is 2. The van der Waals surface area contributed by atoms with E-state index < -0.39 is 0 Å². The SMILES string of the molecule is COC(=O)C=Cc1ccc2c(c1)CCC2N(CCc1c[nH]c2ccccc12)Cc1cc2ccccc2n1C. The summed E-state index contributed by atoms with van der Waals surface area (Å²) in [5.74, 6) is -0.332. The quantitative estimate of drug-likeness (QED) is 0.192. The van der Waals surface area contributed by atoms with Crippen LogP contribution in [0.25, 0.3) is 27.9 Å². The highest BCUT2D eigenvalue weighted by Crippen LogP contribution is 2.38. The number of hydrogen-bond acceptors (Lipinski definition) is 3. The number of aryl methyl sites for hydroxylation is 2. The average molecular weight is 504 g/mol. The molecule has 5 heteroatoms. The van der Waals surface area contributed by atoms with Crippen LogP contribution in [0, 0.1) is 0 Å². The summed E-state index contributed by atoms with van der Waals surface area (Å²) >= 11 is 0. The van der Waals surface area contributed by atoms with Crippen LogP contribution in [-0.4, -0.2) is 34.1 Å². The zero-order valence-corrected chi connectivity index (χ0v) is 22.0. The minimum Gasteiger partial charge on any atom is -0.466 e. The Hall–Kier alpha value is -4.09. The monoisotopic (exact) mass is 503 g/mol. The first-order chi connectivity index (χ1) is 18.6. The van der Waals surface area contributed by atoms with Crippen LogP contribution in [0.2, 0.25) is 0 Å². The normalized spacial score (nSPS) is 15.2. The lowest BCUT2D eigenvalue weighted by molar-refractivity contribution is -0.134. The fraction of sp³-hybridized carbons (Fsp3) is 0.242. The second-order valence-electron chi connectivity index (χ2n) is 10.2. The molecule has 0 saturated heterocycles. The number of carbonyl (C=O) groups is 1. The van der Waals surface area contributed by atoms with Gasteiger partial charge in [-0.2, -0.15) is 0 Å². The molecule has 1 atom stereocenters. The van der Waals surface area contributed by atoms with Gasteiger partial charge in [-0.25, -0.2) is 4.79 Å². The predicted octanol–water partition coefficient (Wildman–Crippen LogP) is 6.58. The third-order valence-electron chi connectivity index (χ3n) is 8.03. The zero-order valence-electron chi connectivity index (χ0n) is 22.0. The van der Waals surface area contributed by atoms with E-state index in [0.717, 1.165) is 37.9 Å². The van der Waals surface area contributed by atoms with Crippen LogP contribution in [0.3, 0.4) is 0 Å². The van der Waals surface area contributed by atoms with Crippen LogP contribution < -0.4 is 0 Å². The molecule has 0 amide bonds. The summed E-state index contributed by atoms with van der Waals surface area (Å²) < 4.78 is 7.09. The Labute approximate surface area is 223 Å². The van der Waals surface area contributed by atoms with Crippen LogP contribution in [0.4, 0.5) is 0 Å². The maximum absolute atomic E-state index is 11.6. The van der Waals surface area contributed by atoms with E-state index in [4.69, 9.17) is 4.74 Å². The van der Waals surface area contributed by atoms with Crippen molar-refractivity contribution in [1.29, 1.82) is 0 Å². The molecular weight excluding hydrogens is 470 g/mol. The number of methoxy groups -OCH3 is 1. The number of fused-ring (bicyclic) bond motifs is 3. The number of nitrogens with zero attached hydrogens (tertiary/aromatic N) is 2. The molecule has 5 nitrogen and oxygen atoms in total. The second kappa shape index (κ2) is 10.3. The highest BCUT2D eigenvalue weighted by molar-refractivity contribution is 5.87. The fourth-order valence-electron chi connectivity index (χ4n) is 5.98. The topological polar surface area (TPSA) is 50.3 Å². The molecule has 0 spiro atoms. The van der Waals surface area contributed by atoms with Gasteiger partial charge in [-0.3, -0.25) is 4.90 Å². The first-order valence-electron chi connectivity index (χ1n) is 13.3. The van der Waals surface area contributed by atoms with Gasteiger partial charge in [0, 0.05) is 60.6 Å². The maximum atomic E-state index is 11.6. The first-order valence-corrected chi connectivity index (χ1v) is 13.3. The van der Waals surface area contributed by atoms with Crippen LogP contribution in [0.1, 0.15) is 40.4 Å². The zero-order chi connectivity index (χ0) is 26.1. The molecule has 6 rings (SSSR count). The highest BCUT2D eigenvalue weighted by Gasteiger charge is 2.29. The van der Waals surface area contributed by atoms with Gasteiger partial charge in [-0.05, 0) is 71.2 Å². The van der Waals surface area contributed by atoms with Crippen LogP contribution >= 0.6 is 0 Å². The van der Waals surface area contributed by atoms with E-state index in [-0.39, 0.29) is 5.97 Å². The van der Waals surface area contributed by atoms with Gasteiger partial charge in [-0.15, -0.1) is 0 Å². The Bertz CT molecular complexity index is 1640. The van der Waals surface area contributed by atoms with Gasteiger partial charge >= 0.3 is 5.97 Å². The van der Waals surface area contributed by atoms with Crippen LogP contribution in [0.5, 0.6) is 0 Å². The summed E-state index contributed by atoms with van der Waals surface area (Å²) in [5, 5.41) is 2.60. The van der Waals surface area contributed by atoms with E-state index >= 15 is 0 Å². The van der Waals surface area contributed by atoms with Gasteiger partial charge in [0.05, 0.1) is 7.11 Å². The van der Waals surface area contributed by atoms with Gasteiger partial charge in [0.25, 0.3) is 0 Å². The summed E-state index contributed by atoms with van der Waals surface area (Å²) in [6, 6.07) is 26.5. The second-order valence-corrected chi connectivity index (χ2v) is 10.2.